The Morgan fingerprint density at radius 2 is 2.27 bits per heavy atom. The lowest BCUT2D eigenvalue weighted by Gasteiger charge is -2.25. The predicted molar refractivity (Wildman–Crippen MR) is 79.1 cm³/mol. The van der Waals surface area contributed by atoms with Crippen LogP contribution >= 0.6 is 0 Å². The van der Waals surface area contributed by atoms with Crippen LogP contribution < -0.4 is 11.1 Å². The summed E-state index contributed by atoms with van der Waals surface area (Å²) < 4.78 is 6.79. The van der Waals surface area contributed by atoms with Crippen molar-refractivity contribution in [2.75, 3.05) is 25.1 Å². The first-order valence-corrected chi connectivity index (χ1v) is 7.58. The minimum atomic E-state index is -0.471. The fourth-order valence-electron chi connectivity index (χ4n) is 2.66. The normalized spacial score (nSPS) is 20.8. The van der Waals surface area contributed by atoms with Crippen LogP contribution in [0.3, 0.4) is 0 Å². The molecular weight excluding hydrogens is 286 g/mol. The third-order valence-corrected chi connectivity index (χ3v) is 3.93. The van der Waals surface area contributed by atoms with Gasteiger partial charge in [-0.1, -0.05) is 0 Å². The number of rotatable bonds is 6. The maximum absolute atomic E-state index is 12.5. The summed E-state index contributed by atoms with van der Waals surface area (Å²) in [5.41, 5.74) is 5.68. The lowest BCUT2D eigenvalue weighted by atomic mass is 10.1. The van der Waals surface area contributed by atoms with Crippen LogP contribution in [0.15, 0.2) is 12.4 Å². The molecule has 3 N–H and O–H groups in total. The molecule has 0 aromatic carbocycles. The second-order valence-electron chi connectivity index (χ2n) is 5.94. The molecule has 0 bridgehead atoms. The van der Waals surface area contributed by atoms with Crippen LogP contribution in [0.4, 0.5) is 10.5 Å². The summed E-state index contributed by atoms with van der Waals surface area (Å²) in [4.78, 5) is 25.2. The monoisotopic (exact) mass is 307 g/mol. The molecule has 8 nitrogen and oxygen atoms in total. The molecule has 0 spiro atoms. The van der Waals surface area contributed by atoms with E-state index < -0.39 is 5.91 Å². The molecule has 0 radical (unpaired) electrons. The molecule has 1 aromatic rings. The fourth-order valence-corrected chi connectivity index (χ4v) is 2.66. The molecule has 1 aliphatic carbocycles. The number of nitrogens with one attached hydrogen (secondary N) is 1. The molecule has 1 atom stereocenters. The Bertz CT molecular complexity index is 548. The molecule has 1 saturated heterocycles. The van der Waals surface area contributed by atoms with Crippen molar-refractivity contribution in [1.82, 2.24) is 14.7 Å². The van der Waals surface area contributed by atoms with E-state index in [1.54, 1.807) is 6.20 Å². The molecule has 3 amide bonds. The number of ether oxygens (including phenoxy) is 1. The molecule has 8 heteroatoms. The number of anilines is 1. The summed E-state index contributed by atoms with van der Waals surface area (Å²) in [6.45, 7) is 2.24. The highest BCUT2D eigenvalue weighted by Gasteiger charge is 2.35. The summed E-state index contributed by atoms with van der Waals surface area (Å²) in [6.07, 6.45) is 6.24. The van der Waals surface area contributed by atoms with Crippen LogP contribution in [0.2, 0.25) is 0 Å². The Morgan fingerprint density at radius 1 is 1.45 bits per heavy atom. The number of aromatic nitrogens is 2. The van der Waals surface area contributed by atoms with E-state index in [9.17, 15) is 9.59 Å². The van der Waals surface area contributed by atoms with Crippen LogP contribution in [-0.4, -0.2) is 52.4 Å². The average Bonchev–Trinajstić information content (AvgIpc) is 2.99. The highest BCUT2D eigenvalue weighted by Crippen LogP contribution is 2.29. The smallest absolute Gasteiger partial charge is 0.322 e. The van der Waals surface area contributed by atoms with E-state index in [4.69, 9.17) is 10.5 Å². The quantitative estimate of drug-likeness (QED) is 0.794. The van der Waals surface area contributed by atoms with Crippen molar-refractivity contribution in [1.29, 1.82) is 0 Å². The van der Waals surface area contributed by atoms with Crippen LogP contribution in [0.25, 0.3) is 0 Å². The largest absolute Gasteiger partial charge is 0.381 e. The van der Waals surface area contributed by atoms with E-state index in [1.165, 1.54) is 10.9 Å². The number of amides is 3. The van der Waals surface area contributed by atoms with Crippen molar-refractivity contribution in [3.63, 3.8) is 0 Å². The second-order valence-corrected chi connectivity index (χ2v) is 5.94. The SMILES string of the molecule is NC(=O)Cn1cc(NC(=O)N(C[C@H]2CCOC2)C2CC2)cn1. The molecule has 1 aliphatic heterocycles. The summed E-state index contributed by atoms with van der Waals surface area (Å²) in [6, 6.07) is 0.217. The molecule has 1 saturated carbocycles. The topological polar surface area (TPSA) is 102 Å². The third-order valence-electron chi connectivity index (χ3n) is 3.93. The van der Waals surface area contributed by atoms with E-state index in [0.717, 1.165) is 39.0 Å². The van der Waals surface area contributed by atoms with Gasteiger partial charge in [-0.2, -0.15) is 5.10 Å². The van der Waals surface area contributed by atoms with E-state index in [1.807, 2.05) is 4.90 Å². The Balaban J connectivity index is 1.58. The highest BCUT2D eigenvalue weighted by atomic mass is 16.5. The van der Waals surface area contributed by atoms with Gasteiger partial charge in [0.15, 0.2) is 0 Å². The van der Waals surface area contributed by atoms with Crippen molar-refractivity contribution in [2.24, 2.45) is 11.7 Å². The van der Waals surface area contributed by atoms with Crippen LogP contribution in [0.1, 0.15) is 19.3 Å². The lowest BCUT2D eigenvalue weighted by molar-refractivity contribution is -0.118. The van der Waals surface area contributed by atoms with Crippen molar-refractivity contribution >= 4 is 17.6 Å². The first-order valence-electron chi connectivity index (χ1n) is 7.58. The molecule has 0 unspecified atom stereocenters. The number of nitrogens with zero attached hydrogens (tertiary/aromatic N) is 3. The van der Waals surface area contributed by atoms with Crippen LogP contribution in [-0.2, 0) is 16.1 Å². The number of hydrogen-bond donors (Lipinski definition) is 2. The third kappa shape index (κ3) is 3.76. The van der Waals surface area contributed by atoms with Gasteiger partial charge >= 0.3 is 6.03 Å². The number of hydrogen-bond acceptors (Lipinski definition) is 4. The fraction of sp³-hybridized carbons (Fsp3) is 0.643. The van der Waals surface area contributed by atoms with Gasteiger partial charge in [0.1, 0.15) is 6.54 Å². The molecule has 3 rings (SSSR count). The summed E-state index contributed by atoms with van der Waals surface area (Å²) in [5.74, 6) is -0.0502. The van der Waals surface area contributed by atoms with Gasteiger partial charge in [0.25, 0.3) is 0 Å². The summed E-state index contributed by atoms with van der Waals surface area (Å²) >= 11 is 0. The van der Waals surface area contributed by atoms with E-state index >= 15 is 0 Å². The minimum absolute atomic E-state index is 0.00161. The second kappa shape index (κ2) is 6.35. The first-order chi connectivity index (χ1) is 10.6. The van der Waals surface area contributed by atoms with E-state index in [-0.39, 0.29) is 12.6 Å². The highest BCUT2D eigenvalue weighted by molar-refractivity contribution is 5.89. The molecular formula is C14H21N5O3. The number of primary amides is 1. The van der Waals surface area contributed by atoms with Gasteiger partial charge in [-0.05, 0) is 19.3 Å². The number of carbonyl (C=O) groups is 2. The van der Waals surface area contributed by atoms with Crippen molar-refractivity contribution in [2.45, 2.75) is 31.8 Å². The average molecular weight is 307 g/mol. The van der Waals surface area contributed by atoms with E-state index in [0.29, 0.717) is 17.6 Å². The standard InChI is InChI=1S/C14H21N5O3/c15-13(20)8-18-7-11(5-16-18)17-14(21)19(12-1-2-12)6-10-3-4-22-9-10/h5,7,10,12H,1-4,6,8-9H2,(H2,15,20)(H,17,21)/t10-/m1/s1. The van der Waals surface area contributed by atoms with Gasteiger partial charge in [0.2, 0.25) is 5.91 Å². The zero-order chi connectivity index (χ0) is 15.5. The Morgan fingerprint density at radius 3 is 2.91 bits per heavy atom. The molecule has 2 aliphatic rings. The first kappa shape index (κ1) is 14.8. The number of nitrogens with two attached hydrogens (primary N) is 1. The Kier molecular flexibility index (Phi) is 4.28. The van der Waals surface area contributed by atoms with Gasteiger partial charge in [-0.15, -0.1) is 0 Å². The van der Waals surface area contributed by atoms with Gasteiger partial charge in [-0.25, -0.2) is 4.79 Å². The molecule has 22 heavy (non-hydrogen) atoms. The Labute approximate surface area is 128 Å². The maximum atomic E-state index is 12.5. The molecule has 2 fully saturated rings. The number of urea groups is 1. The van der Waals surface area contributed by atoms with Crippen LogP contribution in [0, 0.1) is 5.92 Å². The Hall–Kier alpha value is -2.09. The zero-order valence-electron chi connectivity index (χ0n) is 12.4. The zero-order valence-corrected chi connectivity index (χ0v) is 12.4. The summed E-state index contributed by atoms with van der Waals surface area (Å²) in [5, 5.41) is 6.84. The van der Waals surface area contributed by atoms with Crippen LogP contribution in [0.5, 0.6) is 0 Å². The van der Waals surface area contributed by atoms with Crippen molar-refractivity contribution in [3.05, 3.63) is 12.4 Å². The van der Waals surface area contributed by atoms with Crippen molar-refractivity contribution in [3.8, 4) is 0 Å². The van der Waals surface area contributed by atoms with Gasteiger partial charge in [0.05, 0.1) is 18.5 Å². The van der Waals surface area contributed by atoms with E-state index in [2.05, 4.69) is 10.4 Å². The molecule has 1 aromatic heterocycles. The number of carbonyl (C=O) groups excluding carboxylic acids is 2. The predicted octanol–water partition coefficient (Wildman–Crippen LogP) is 0.401. The van der Waals surface area contributed by atoms with Gasteiger partial charge < -0.3 is 20.7 Å². The molecule has 120 valence electrons. The molecule has 2 heterocycles. The summed E-state index contributed by atoms with van der Waals surface area (Å²) in [7, 11) is 0. The lowest BCUT2D eigenvalue weighted by Crippen LogP contribution is -2.40. The minimum Gasteiger partial charge on any atom is -0.381 e. The van der Waals surface area contributed by atoms with Gasteiger partial charge in [-0.3, -0.25) is 9.48 Å². The maximum Gasteiger partial charge on any atom is 0.322 e. The van der Waals surface area contributed by atoms with Gasteiger partial charge in [0, 0.05) is 31.3 Å². The van der Waals surface area contributed by atoms with Crippen molar-refractivity contribution < 1.29 is 14.3 Å².